The lowest BCUT2D eigenvalue weighted by Gasteiger charge is -2.28. The molecule has 2 aromatic carbocycles. The molecule has 0 saturated heterocycles. The van der Waals surface area contributed by atoms with Crippen molar-refractivity contribution in [1.82, 2.24) is 19.5 Å². The molecule has 4 aromatic rings. The van der Waals surface area contributed by atoms with Gasteiger partial charge in [-0.1, -0.05) is 17.7 Å². The van der Waals surface area contributed by atoms with Crippen molar-refractivity contribution in [2.45, 2.75) is 25.9 Å². The van der Waals surface area contributed by atoms with Crippen LogP contribution in [0.5, 0.6) is 11.9 Å². The third kappa shape index (κ3) is 4.23. The molecule has 5 rings (SSSR count). The minimum Gasteiger partial charge on any atom is -0.480 e. The van der Waals surface area contributed by atoms with E-state index in [4.69, 9.17) is 26.1 Å². The average molecular weight is 551 g/mol. The number of carbonyl (C=O) groups excluding carboxylic acids is 1. The third-order valence-corrected chi connectivity index (χ3v) is 6.65. The molecule has 0 N–H and O–H groups in total. The van der Waals surface area contributed by atoms with Gasteiger partial charge < -0.3 is 14.0 Å². The summed E-state index contributed by atoms with van der Waals surface area (Å²) in [7, 11) is 2.86. The number of nitriles is 1. The van der Waals surface area contributed by atoms with Gasteiger partial charge in [0, 0.05) is 17.9 Å². The number of methoxy groups -OCH3 is 2. The molecular weight excluding hydrogens is 530 g/mol. The summed E-state index contributed by atoms with van der Waals surface area (Å²) in [6.45, 7) is 3.81. The van der Waals surface area contributed by atoms with E-state index in [1.165, 1.54) is 49.6 Å². The summed E-state index contributed by atoms with van der Waals surface area (Å²) in [6.07, 6.45) is 1.49. The predicted octanol–water partition coefficient (Wildman–Crippen LogP) is 5.49. The van der Waals surface area contributed by atoms with Crippen LogP contribution in [0.25, 0.3) is 11.4 Å². The smallest absolute Gasteiger partial charge is 0.319 e. The number of rotatable bonds is 6. The molecule has 3 heterocycles. The van der Waals surface area contributed by atoms with Crippen LogP contribution in [0, 0.1) is 23.0 Å². The highest BCUT2D eigenvalue weighted by Gasteiger charge is 2.45. The summed E-state index contributed by atoms with van der Waals surface area (Å²) in [5.74, 6) is -1.35. The molecule has 0 spiro atoms. The van der Waals surface area contributed by atoms with Gasteiger partial charge in [0.1, 0.15) is 29.6 Å². The van der Waals surface area contributed by atoms with E-state index in [1.54, 1.807) is 12.1 Å². The summed E-state index contributed by atoms with van der Waals surface area (Å²) >= 11 is 6.06. The predicted molar refractivity (Wildman–Crippen MR) is 138 cm³/mol. The van der Waals surface area contributed by atoms with E-state index in [-0.39, 0.29) is 34.2 Å². The Morgan fingerprint density at radius 2 is 1.85 bits per heavy atom. The van der Waals surface area contributed by atoms with Gasteiger partial charge in [0.25, 0.3) is 5.91 Å². The first kappa shape index (κ1) is 26.1. The monoisotopic (exact) mass is 550 g/mol. The minimum absolute atomic E-state index is 0.0900. The van der Waals surface area contributed by atoms with E-state index in [1.807, 2.05) is 18.4 Å². The zero-order chi connectivity index (χ0) is 28.0. The maximum absolute atomic E-state index is 14.9. The fourth-order valence-electron chi connectivity index (χ4n) is 4.69. The first-order valence-electron chi connectivity index (χ1n) is 11.8. The molecule has 1 aliphatic rings. The lowest BCUT2D eigenvalue weighted by atomic mass is 10.0. The molecule has 1 unspecified atom stereocenters. The van der Waals surface area contributed by atoms with Gasteiger partial charge >= 0.3 is 6.01 Å². The number of halogens is 3. The third-order valence-electron chi connectivity index (χ3n) is 6.36. The van der Waals surface area contributed by atoms with E-state index in [2.05, 4.69) is 9.97 Å². The van der Waals surface area contributed by atoms with Crippen molar-refractivity contribution in [2.24, 2.45) is 0 Å². The van der Waals surface area contributed by atoms with Gasteiger partial charge in [-0.3, -0.25) is 9.69 Å². The molecule has 2 aromatic heterocycles. The fourth-order valence-corrected chi connectivity index (χ4v) is 4.86. The number of imidazole rings is 1. The first-order valence-corrected chi connectivity index (χ1v) is 12.1. The Morgan fingerprint density at radius 3 is 2.46 bits per heavy atom. The van der Waals surface area contributed by atoms with Crippen molar-refractivity contribution in [3.05, 3.63) is 81.8 Å². The quantitative estimate of drug-likeness (QED) is 0.312. The van der Waals surface area contributed by atoms with Gasteiger partial charge in [0.2, 0.25) is 5.88 Å². The van der Waals surface area contributed by atoms with Crippen molar-refractivity contribution < 1.29 is 23.0 Å². The van der Waals surface area contributed by atoms with Crippen LogP contribution in [0.1, 0.15) is 53.2 Å². The zero-order valence-electron chi connectivity index (χ0n) is 21.2. The standard InChI is InChI=1S/C27H21ClF2N6O3/c1-13(2)35-23-21(33-24(35)17-12-32-27(39-4)34-25(17)38-3)26(37)36(16-7-8-19(29)18(28)10-16)22(23)14-5-6-15(11-31)20(30)9-14/h5-10,12-13,22H,1-4H3. The van der Waals surface area contributed by atoms with Crippen molar-refractivity contribution in [3.8, 4) is 29.3 Å². The second kappa shape index (κ2) is 9.96. The van der Waals surface area contributed by atoms with Crippen molar-refractivity contribution in [2.75, 3.05) is 19.1 Å². The van der Waals surface area contributed by atoms with E-state index in [0.29, 0.717) is 28.3 Å². The topological polar surface area (TPSA) is 106 Å². The summed E-state index contributed by atoms with van der Waals surface area (Å²) in [5.41, 5.74) is 1.51. The molecule has 0 aliphatic carbocycles. The van der Waals surface area contributed by atoms with Crippen molar-refractivity contribution in [1.29, 1.82) is 5.26 Å². The Balaban J connectivity index is 1.79. The van der Waals surface area contributed by atoms with E-state index in [0.717, 1.165) is 6.07 Å². The summed E-state index contributed by atoms with van der Waals surface area (Å²) in [4.78, 5) is 28.4. The highest BCUT2D eigenvalue weighted by molar-refractivity contribution is 6.31. The second-order valence-electron chi connectivity index (χ2n) is 8.94. The molecule has 12 heteroatoms. The number of carbonyl (C=O) groups is 1. The highest BCUT2D eigenvalue weighted by Crippen LogP contribution is 2.46. The van der Waals surface area contributed by atoms with Gasteiger partial charge in [-0.25, -0.2) is 18.7 Å². The van der Waals surface area contributed by atoms with Crippen molar-refractivity contribution >= 4 is 23.2 Å². The SMILES string of the molecule is COc1ncc(-c2nc3c(n2C(C)C)C(c2ccc(C#N)c(F)c2)N(c2ccc(F)c(Cl)c2)C3=O)c(OC)n1. The molecule has 39 heavy (non-hydrogen) atoms. The summed E-state index contributed by atoms with van der Waals surface area (Å²) in [5, 5.41) is 9.06. The maximum Gasteiger partial charge on any atom is 0.319 e. The first-order chi connectivity index (χ1) is 18.7. The summed E-state index contributed by atoms with van der Waals surface area (Å²) < 4.78 is 41.3. The number of nitrogens with zero attached hydrogens (tertiary/aromatic N) is 6. The molecule has 1 amide bonds. The molecule has 1 aliphatic heterocycles. The number of hydrogen-bond acceptors (Lipinski definition) is 7. The van der Waals surface area contributed by atoms with Crippen LogP contribution >= 0.6 is 11.6 Å². The lowest BCUT2D eigenvalue weighted by Crippen LogP contribution is -2.30. The number of amides is 1. The van der Waals surface area contributed by atoms with Crippen LogP contribution in [0.3, 0.4) is 0 Å². The second-order valence-corrected chi connectivity index (χ2v) is 9.35. The molecule has 0 radical (unpaired) electrons. The Labute approximate surface area is 227 Å². The van der Waals surface area contributed by atoms with Gasteiger partial charge in [0.15, 0.2) is 5.69 Å². The molecule has 1 atom stereocenters. The molecule has 0 bridgehead atoms. The number of benzene rings is 2. The number of aromatic nitrogens is 4. The number of fused-ring (bicyclic) bond motifs is 1. The molecule has 0 fully saturated rings. The Kier molecular flexibility index (Phi) is 6.66. The van der Waals surface area contributed by atoms with Crippen molar-refractivity contribution in [3.63, 3.8) is 0 Å². The molecule has 198 valence electrons. The minimum atomic E-state index is -0.884. The van der Waals surface area contributed by atoms with Crippen LogP contribution in [-0.4, -0.2) is 39.6 Å². The van der Waals surface area contributed by atoms with Crippen LogP contribution in [0.15, 0.2) is 42.6 Å². The molecule has 9 nitrogen and oxygen atoms in total. The highest BCUT2D eigenvalue weighted by atomic mass is 35.5. The van der Waals surface area contributed by atoms with Crippen LogP contribution in [-0.2, 0) is 0 Å². The Hall–Kier alpha value is -4.56. The maximum atomic E-state index is 14.9. The zero-order valence-corrected chi connectivity index (χ0v) is 22.0. The molecule has 0 saturated carbocycles. The van der Waals surface area contributed by atoms with Gasteiger partial charge in [-0.05, 0) is 49.7 Å². The number of ether oxygens (including phenoxy) is 2. The molecular formula is C27H21ClF2N6O3. The van der Waals surface area contributed by atoms with Crippen LogP contribution < -0.4 is 14.4 Å². The summed E-state index contributed by atoms with van der Waals surface area (Å²) in [6, 6.07) is 8.79. The Morgan fingerprint density at radius 1 is 1.08 bits per heavy atom. The Bertz CT molecular complexity index is 1670. The normalized spacial score (nSPS) is 14.5. The van der Waals surface area contributed by atoms with Gasteiger partial charge in [-0.15, -0.1) is 0 Å². The van der Waals surface area contributed by atoms with E-state index >= 15 is 0 Å². The number of anilines is 1. The van der Waals surface area contributed by atoms with Gasteiger partial charge in [-0.2, -0.15) is 10.2 Å². The lowest BCUT2D eigenvalue weighted by molar-refractivity contribution is 0.0989. The van der Waals surface area contributed by atoms with E-state index in [9.17, 15) is 18.8 Å². The van der Waals surface area contributed by atoms with Crippen LogP contribution in [0.2, 0.25) is 5.02 Å². The average Bonchev–Trinajstić information content (AvgIpc) is 3.44. The number of hydrogen-bond donors (Lipinski definition) is 0. The largest absolute Gasteiger partial charge is 0.480 e. The van der Waals surface area contributed by atoms with Crippen LogP contribution in [0.4, 0.5) is 14.5 Å². The van der Waals surface area contributed by atoms with E-state index < -0.39 is 23.6 Å². The van der Waals surface area contributed by atoms with Gasteiger partial charge in [0.05, 0.1) is 36.1 Å². The fraction of sp³-hybridized carbons (Fsp3) is 0.222.